The van der Waals surface area contributed by atoms with Crippen LogP contribution in [0.25, 0.3) is 0 Å². The van der Waals surface area contributed by atoms with Crippen LogP contribution in [0.1, 0.15) is 27.7 Å². The van der Waals surface area contributed by atoms with Gasteiger partial charge in [-0.05, 0) is 6.92 Å². The van der Waals surface area contributed by atoms with Crippen molar-refractivity contribution in [2.24, 2.45) is 5.41 Å². The summed E-state index contributed by atoms with van der Waals surface area (Å²) in [5.41, 5.74) is 0.729. The molecule has 0 aromatic heterocycles. The van der Waals surface area contributed by atoms with Gasteiger partial charge in [0.2, 0.25) is 0 Å². The fraction of sp³-hybridized carbons (Fsp3) is 0.700. The molecule has 0 saturated carbocycles. The van der Waals surface area contributed by atoms with Crippen LogP contribution in [-0.2, 0) is 4.79 Å². The van der Waals surface area contributed by atoms with Crippen LogP contribution in [0, 0.1) is 5.41 Å². The normalized spacial score (nSPS) is 13.0. The number of rotatable bonds is 2. The molecule has 0 aromatic carbocycles. The Morgan fingerprint density at radius 3 is 1.92 bits per heavy atom. The number of hydrogen-bond acceptors (Lipinski definition) is 2. The van der Waals surface area contributed by atoms with Crippen molar-refractivity contribution in [2.75, 3.05) is 14.1 Å². The Labute approximate surface area is 75.3 Å². The summed E-state index contributed by atoms with van der Waals surface area (Å²) in [6.07, 6.45) is 1.69. The van der Waals surface area contributed by atoms with E-state index in [1.165, 1.54) is 0 Å². The minimum Gasteiger partial charge on any atom is -0.381 e. The quantitative estimate of drug-likeness (QED) is 0.590. The lowest BCUT2D eigenvalue weighted by atomic mass is 9.90. The van der Waals surface area contributed by atoms with Gasteiger partial charge in [-0.1, -0.05) is 20.8 Å². The zero-order chi connectivity index (χ0) is 9.94. The van der Waals surface area contributed by atoms with E-state index in [2.05, 4.69) is 0 Å². The van der Waals surface area contributed by atoms with E-state index >= 15 is 0 Å². The largest absolute Gasteiger partial charge is 0.381 e. The van der Waals surface area contributed by atoms with Crippen molar-refractivity contribution in [1.29, 1.82) is 0 Å². The van der Waals surface area contributed by atoms with Gasteiger partial charge in [-0.25, -0.2) is 0 Å². The molecule has 0 saturated heterocycles. The van der Waals surface area contributed by atoms with Crippen LogP contribution >= 0.6 is 0 Å². The van der Waals surface area contributed by atoms with Crippen LogP contribution in [0.15, 0.2) is 11.8 Å². The molecule has 70 valence electrons. The fourth-order valence-corrected chi connectivity index (χ4v) is 0.535. The first-order chi connectivity index (χ1) is 5.25. The number of allylic oxidation sites excluding steroid dienone is 2. The molecule has 2 heteroatoms. The van der Waals surface area contributed by atoms with Gasteiger partial charge in [0.05, 0.1) is 0 Å². The van der Waals surface area contributed by atoms with Gasteiger partial charge in [-0.2, -0.15) is 0 Å². The van der Waals surface area contributed by atoms with Gasteiger partial charge < -0.3 is 4.90 Å². The SMILES string of the molecule is C/C(=C\C(=O)C(C)(C)C)N(C)C. The van der Waals surface area contributed by atoms with Gasteiger partial charge >= 0.3 is 0 Å². The van der Waals surface area contributed by atoms with Crippen molar-refractivity contribution in [3.05, 3.63) is 11.8 Å². The molecule has 0 N–H and O–H groups in total. The minimum absolute atomic E-state index is 0.175. The van der Waals surface area contributed by atoms with Gasteiger partial charge in [0.25, 0.3) is 0 Å². The molecule has 0 unspecified atom stereocenters. The van der Waals surface area contributed by atoms with Crippen LogP contribution in [-0.4, -0.2) is 24.8 Å². The maximum atomic E-state index is 11.5. The van der Waals surface area contributed by atoms with E-state index in [0.717, 1.165) is 5.70 Å². The third kappa shape index (κ3) is 3.56. The number of nitrogens with zero attached hydrogens (tertiary/aromatic N) is 1. The van der Waals surface area contributed by atoms with Gasteiger partial charge in [-0.3, -0.25) is 4.79 Å². The first-order valence-corrected chi connectivity index (χ1v) is 4.15. The smallest absolute Gasteiger partial charge is 0.162 e. The van der Waals surface area contributed by atoms with Gasteiger partial charge in [-0.15, -0.1) is 0 Å². The molecule has 0 aliphatic carbocycles. The summed E-state index contributed by atoms with van der Waals surface area (Å²) >= 11 is 0. The Morgan fingerprint density at radius 2 is 1.67 bits per heavy atom. The molecule has 0 fully saturated rings. The maximum absolute atomic E-state index is 11.5. The van der Waals surface area contributed by atoms with E-state index in [1.807, 2.05) is 46.7 Å². The third-order valence-corrected chi connectivity index (χ3v) is 1.78. The number of ketones is 1. The summed E-state index contributed by atoms with van der Waals surface area (Å²) in [7, 11) is 3.86. The van der Waals surface area contributed by atoms with E-state index < -0.39 is 0 Å². The van der Waals surface area contributed by atoms with Crippen molar-refractivity contribution in [3.8, 4) is 0 Å². The molecule has 0 aliphatic rings. The summed E-state index contributed by atoms with van der Waals surface area (Å²) in [5, 5.41) is 0. The highest BCUT2D eigenvalue weighted by Gasteiger charge is 2.18. The van der Waals surface area contributed by atoms with Gasteiger partial charge in [0, 0.05) is 31.3 Å². The molecule has 0 rings (SSSR count). The zero-order valence-electron chi connectivity index (χ0n) is 8.93. The van der Waals surface area contributed by atoms with Crippen molar-refractivity contribution in [1.82, 2.24) is 4.90 Å². The Bertz CT molecular complexity index is 196. The highest BCUT2D eigenvalue weighted by Crippen LogP contribution is 2.16. The lowest BCUT2D eigenvalue weighted by Gasteiger charge is -2.17. The highest BCUT2D eigenvalue weighted by molar-refractivity contribution is 5.94. The molecule has 0 bridgehead atoms. The second kappa shape index (κ2) is 3.74. The molecular formula is C10H19NO. The summed E-state index contributed by atoms with van der Waals surface area (Å²) in [6.45, 7) is 7.71. The van der Waals surface area contributed by atoms with E-state index in [4.69, 9.17) is 0 Å². The number of carbonyl (C=O) groups is 1. The molecule has 0 radical (unpaired) electrons. The van der Waals surface area contributed by atoms with Crippen molar-refractivity contribution in [3.63, 3.8) is 0 Å². The van der Waals surface area contributed by atoms with Crippen LogP contribution in [0.5, 0.6) is 0 Å². The standard InChI is InChI=1S/C10H19NO/c1-8(11(5)6)7-9(12)10(2,3)4/h7H,1-6H3/b8-7+. The average Bonchev–Trinajstić information content (AvgIpc) is 1.85. The van der Waals surface area contributed by atoms with Crippen molar-refractivity contribution < 1.29 is 4.79 Å². The minimum atomic E-state index is -0.267. The molecule has 0 spiro atoms. The van der Waals surface area contributed by atoms with Crippen molar-refractivity contribution >= 4 is 5.78 Å². The Kier molecular flexibility index (Phi) is 3.50. The third-order valence-electron chi connectivity index (χ3n) is 1.78. The summed E-state index contributed by atoms with van der Waals surface area (Å²) in [5.74, 6) is 0.175. The molecule has 0 atom stereocenters. The highest BCUT2D eigenvalue weighted by atomic mass is 16.1. The topological polar surface area (TPSA) is 20.3 Å². The molecule has 0 aromatic rings. The Balaban J connectivity index is 4.46. The Morgan fingerprint density at radius 1 is 1.25 bits per heavy atom. The van der Waals surface area contributed by atoms with E-state index in [9.17, 15) is 4.79 Å². The van der Waals surface area contributed by atoms with E-state index in [1.54, 1.807) is 6.08 Å². The lowest BCUT2D eigenvalue weighted by Crippen LogP contribution is -2.20. The molecule has 0 amide bonds. The summed E-state index contributed by atoms with van der Waals surface area (Å²) < 4.78 is 0. The summed E-state index contributed by atoms with van der Waals surface area (Å²) in [6, 6.07) is 0. The van der Waals surface area contributed by atoms with Crippen molar-refractivity contribution in [2.45, 2.75) is 27.7 Å². The monoisotopic (exact) mass is 169 g/mol. The van der Waals surface area contributed by atoms with E-state index in [0.29, 0.717) is 0 Å². The number of carbonyl (C=O) groups excluding carboxylic acids is 1. The average molecular weight is 169 g/mol. The Hall–Kier alpha value is -0.790. The molecule has 0 heterocycles. The maximum Gasteiger partial charge on any atom is 0.162 e. The lowest BCUT2D eigenvalue weighted by molar-refractivity contribution is -0.121. The van der Waals surface area contributed by atoms with Crippen LogP contribution in [0.3, 0.4) is 0 Å². The van der Waals surface area contributed by atoms with Gasteiger partial charge in [0.1, 0.15) is 0 Å². The number of hydrogen-bond donors (Lipinski definition) is 0. The first kappa shape index (κ1) is 11.2. The molecule has 0 aliphatic heterocycles. The second-order valence-corrected chi connectivity index (χ2v) is 4.29. The summed E-state index contributed by atoms with van der Waals surface area (Å²) in [4.78, 5) is 13.4. The van der Waals surface area contributed by atoms with E-state index in [-0.39, 0.29) is 11.2 Å². The first-order valence-electron chi connectivity index (χ1n) is 4.15. The second-order valence-electron chi connectivity index (χ2n) is 4.29. The fourth-order valence-electron chi connectivity index (χ4n) is 0.535. The van der Waals surface area contributed by atoms with Crippen LogP contribution in [0.4, 0.5) is 0 Å². The molecular weight excluding hydrogens is 150 g/mol. The predicted octanol–water partition coefficient (Wildman–Crippen LogP) is 2.07. The van der Waals surface area contributed by atoms with Gasteiger partial charge in [0.15, 0.2) is 5.78 Å². The molecule has 12 heavy (non-hydrogen) atoms. The zero-order valence-corrected chi connectivity index (χ0v) is 8.93. The van der Waals surface area contributed by atoms with Crippen LogP contribution in [0.2, 0.25) is 0 Å². The predicted molar refractivity (Wildman–Crippen MR) is 51.9 cm³/mol. The van der Waals surface area contributed by atoms with Crippen LogP contribution < -0.4 is 0 Å². The molecule has 2 nitrogen and oxygen atoms in total.